The molecule has 1 aromatic carbocycles. The molecule has 0 amide bonds. The van der Waals surface area contributed by atoms with Crippen molar-refractivity contribution >= 4 is 0 Å². The van der Waals surface area contributed by atoms with Crippen molar-refractivity contribution in [3.05, 3.63) is 53.4 Å². The van der Waals surface area contributed by atoms with Gasteiger partial charge in [-0.15, -0.1) is 0 Å². The number of hydrogen-bond acceptors (Lipinski definition) is 7. The van der Waals surface area contributed by atoms with Crippen LogP contribution in [0.5, 0.6) is 5.75 Å². The zero-order valence-corrected chi connectivity index (χ0v) is 15.8. The lowest BCUT2D eigenvalue weighted by Gasteiger charge is -2.18. The van der Waals surface area contributed by atoms with E-state index in [1.165, 1.54) is 11.1 Å². The first-order chi connectivity index (χ1) is 13.1. The van der Waals surface area contributed by atoms with Gasteiger partial charge in [0.2, 0.25) is 11.7 Å². The van der Waals surface area contributed by atoms with Crippen molar-refractivity contribution in [3.8, 4) is 17.1 Å². The van der Waals surface area contributed by atoms with E-state index in [1.54, 1.807) is 26.6 Å². The summed E-state index contributed by atoms with van der Waals surface area (Å²) in [7, 11) is 1.73. The Hall–Kier alpha value is -2.80. The molecule has 0 spiro atoms. The molecule has 1 atom stereocenters. The van der Waals surface area contributed by atoms with Crippen LogP contribution in [0, 0.1) is 13.8 Å². The number of aromatic nitrogens is 4. The second kappa shape index (κ2) is 7.44. The summed E-state index contributed by atoms with van der Waals surface area (Å²) in [6, 6.07) is 6.37. The van der Waals surface area contributed by atoms with E-state index in [4.69, 9.17) is 9.26 Å². The Morgan fingerprint density at radius 3 is 2.96 bits per heavy atom. The number of benzene rings is 1. The average molecular weight is 365 g/mol. The van der Waals surface area contributed by atoms with Gasteiger partial charge in [0.15, 0.2) is 0 Å². The monoisotopic (exact) mass is 365 g/mol. The lowest BCUT2D eigenvalue weighted by molar-refractivity contribution is 0.316. The molecule has 140 valence electrons. The average Bonchev–Trinajstić information content (AvgIpc) is 3.32. The zero-order valence-electron chi connectivity index (χ0n) is 15.8. The fourth-order valence-electron chi connectivity index (χ4n) is 3.67. The molecule has 1 saturated heterocycles. The van der Waals surface area contributed by atoms with E-state index in [-0.39, 0.29) is 0 Å². The van der Waals surface area contributed by atoms with Crippen molar-refractivity contribution in [1.29, 1.82) is 0 Å². The van der Waals surface area contributed by atoms with Crippen LogP contribution in [0.4, 0.5) is 0 Å². The molecule has 3 heterocycles. The van der Waals surface area contributed by atoms with Gasteiger partial charge in [0, 0.05) is 37.7 Å². The van der Waals surface area contributed by atoms with Crippen LogP contribution in [-0.4, -0.2) is 45.2 Å². The first-order valence-corrected chi connectivity index (χ1v) is 9.10. The summed E-state index contributed by atoms with van der Waals surface area (Å²) in [5.74, 6) is 2.36. The Balaban J connectivity index is 1.52. The minimum absolute atomic E-state index is 0.318. The maximum absolute atomic E-state index is 5.55. The van der Waals surface area contributed by atoms with E-state index in [2.05, 4.69) is 50.1 Å². The van der Waals surface area contributed by atoms with Crippen LogP contribution in [0.1, 0.15) is 35.1 Å². The summed E-state index contributed by atoms with van der Waals surface area (Å²) in [4.78, 5) is 15.5. The van der Waals surface area contributed by atoms with E-state index in [0.717, 1.165) is 43.1 Å². The molecular formula is C20H23N5O2. The van der Waals surface area contributed by atoms with Crippen molar-refractivity contribution in [2.45, 2.75) is 32.7 Å². The van der Waals surface area contributed by atoms with Gasteiger partial charge < -0.3 is 9.26 Å². The van der Waals surface area contributed by atoms with E-state index >= 15 is 0 Å². The molecule has 2 aromatic heterocycles. The van der Waals surface area contributed by atoms with Gasteiger partial charge in [0.25, 0.3) is 0 Å². The van der Waals surface area contributed by atoms with Crippen molar-refractivity contribution in [1.82, 2.24) is 25.0 Å². The molecule has 0 radical (unpaired) electrons. The van der Waals surface area contributed by atoms with Crippen LogP contribution in [0.3, 0.4) is 0 Å². The second-order valence-electron chi connectivity index (χ2n) is 6.99. The summed E-state index contributed by atoms with van der Waals surface area (Å²) >= 11 is 0. The fourth-order valence-corrected chi connectivity index (χ4v) is 3.67. The van der Waals surface area contributed by atoms with Gasteiger partial charge in [0.05, 0.1) is 18.4 Å². The third-order valence-electron chi connectivity index (χ3n) is 5.01. The van der Waals surface area contributed by atoms with Crippen molar-refractivity contribution in [2.75, 3.05) is 20.2 Å². The van der Waals surface area contributed by atoms with Crippen LogP contribution in [0.15, 0.2) is 35.2 Å². The number of ether oxygens (including phenoxy) is 1. The lowest BCUT2D eigenvalue weighted by Crippen LogP contribution is -2.20. The van der Waals surface area contributed by atoms with E-state index in [9.17, 15) is 0 Å². The standard InChI is InChI=1S/C20H23N5O2/c1-13-4-5-15(18(8-13)26-3)10-25-7-6-16(11-25)19-17(9-21-12-22-19)20-23-14(2)27-24-20/h4-5,8-9,12,16H,6-7,10-11H2,1-3H3/t16-/m1/s1. The number of likely N-dealkylation sites (tertiary alicyclic amines) is 1. The Bertz CT molecular complexity index is 940. The lowest BCUT2D eigenvalue weighted by atomic mass is 10.00. The third kappa shape index (κ3) is 3.68. The van der Waals surface area contributed by atoms with Crippen LogP contribution in [0.25, 0.3) is 11.4 Å². The SMILES string of the molecule is COc1cc(C)ccc1CN1CC[C@@H](c2ncncc2-c2noc(C)n2)C1. The van der Waals surface area contributed by atoms with Crippen molar-refractivity contribution < 1.29 is 9.26 Å². The van der Waals surface area contributed by atoms with Gasteiger partial charge >= 0.3 is 0 Å². The fraction of sp³-hybridized carbons (Fsp3) is 0.400. The molecule has 1 aliphatic rings. The summed E-state index contributed by atoms with van der Waals surface area (Å²) in [5, 5.41) is 4.04. The Labute approximate surface area is 158 Å². The highest BCUT2D eigenvalue weighted by Crippen LogP contribution is 2.33. The van der Waals surface area contributed by atoms with E-state index < -0.39 is 0 Å². The second-order valence-corrected chi connectivity index (χ2v) is 6.99. The first kappa shape index (κ1) is 17.6. The molecular weight excluding hydrogens is 342 g/mol. The molecule has 7 heteroatoms. The number of methoxy groups -OCH3 is 1. The minimum Gasteiger partial charge on any atom is -0.496 e. The largest absolute Gasteiger partial charge is 0.496 e. The predicted octanol–water partition coefficient (Wildman–Crippen LogP) is 3.14. The van der Waals surface area contributed by atoms with E-state index in [1.807, 2.05) is 0 Å². The van der Waals surface area contributed by atoms with Crippen LogP contribution >= 0.6 is 0 Å². The molecule has 0 N–H and O–H groups in total. The molecule has 3 aromatic rings. The summed E-state index contributed by atoms with van der Waals surface area (Å²) in [5.41, 5.74) is 4.26. The number of hydrogen-bond donors (Lipinski definition) is 0. The highest BCUT2D eigenvalue weighted by Gasteiger charge is 2.28. The van der Waals surface area contributed by atoms with Crippen LogP contribution in [0.2, 0.25) is 0 Å². The Kier molecular flexibility index (Phi) is 4.85. The third-order valence-corrected chi connectivity index (χ3v) is 5.01. The maximum atomic E-state index is 5.55. The van der Waals surface area contributed by atoms with Crippen LogP contribution < -0.4 is 4.74 Å². The Morgan fingerprint density at radius 1 is 1.30 bits per heavy atom. The maximum Gasteiger partial charge on any atom is 0.223 e. The quantitative estimate of drug-likeness (QED) is 0.687. The molecule has 0 unspecified atom stereocenters. The number of nitrogens with zero attached hydrogens (tertiary/aromatic N) is 5. The topological polar surface area (TPSA) is 77.2 Å². The van der Waals surface area contributed by atoms with Gasteiger partial charge in [-0.3, -0.25) is 4.90 Å². The molecule has 0 bridgehead atoms. The summed E-state index contributed by atoms with van der Waals surface area (Å²) in [6.07, 6.45) is 4.41. The summed E-state index contributed by atoms with van der Waals surface area (Å²) in [6.45, 7) is 6.66. The molecule has 1 fully saturated rings. The molecule has 0 aliphatic carbocycles. The van der Waals surface area contributed by atoms with Crippen molar-refractivity contribution in [2.24, 2.45) is 0 Å². The van der Waals surface area contributed by atoms with Gasteiger partial charge in [0.1, 0.15) is 12.1 Å². The number of aryl methyl sites for hydroxylation is 2. The summed E-state index contributed by atoms with van der Waals surface area (Å²) < 4.78 is 10.7. The molecule has 0 saturated carbocycles. The van der Waals surface area contributed by atoms with Gasteiger partial charge in [-0.05, 0) is 31.5 Å². The van der Waals surface area contributed by atoms with Crippen molar-refractivity contribution in [3.63, 3.8) is 0 Å². The first-order valence-electron chi connectivity index (χ1n) is 9.10. The van der Waals surface area contributed by atoms with Crippen LogP contribution in [-0.2, 0) is 6.54 Å². The molecule has 1 aliphatic heterocycles. The van der Waals surface area contributed by atoms with Gasteiger partial charge in [-0.1, -0.05) is 17.3 Å². The highest BCUT2D eigenvalue weighted by atomic mass is 16.5. The minimum atomic E-state index is 0.318. The van der Waals surface area contributed by atoms with E-state index in [0.29, 0.717) is 17.6 Å². The molecule has 4 rings (SSSR count). The normalized spacial score (nSPS) is 17.4. The molecule has 7 nitrogen and oxygen atoms in total. The Morgan fingerprint density at radius 2 is 2.19 bits per heavy atom. The zero-order chi connectivity index (χ0) is 18.8. The molecule has 27 heavy (non-hydrogen) atoms. The van der Waals surface area contributed by atoms with Gasteiger partial charge in [-0.2, -0.15) is 4.98 Å². The number of rotatable bonds is 5. The smallest absolute Gasteiger partial charge is 0.223 e. The predicted molar refractivity (Wildman–Crippen MR) is 100 cm³/mol. The highest BCUT2D eigenvalue weighted by molar-refractivity contribution is 5.57. The van der Waals surface area contributed by atoms with Gasteiger partial charge in [-0.25, -0.2) is 9.97 Å².